The van der Waals surface area contributed by atoms with Crippen LogP contribution in [0.1, 0.15) is 39.2 Å². The average Bonchev–Trinajstić information content (AvgIpc) is 2.64. The Bertz CT molecular complexity index is 706. The van der Waals surface area contributed by atoms with Crippen molar-refractivity contribution in [3.63, 3.8) is 0 Å². The first-order valence-electron chi connectivity index (χ1n) is 9.05. The number of carbonyl (C=O) groups excluding carboxylic acids is 2. The van der Waals surface area contributed by atoms with Crippen molar-refractivity contribution in [2.45, 2.75) is 51.7 Å². The number of rotatable bonds is 8. The molecular formula is C20H28BrNO5. The van der Waals surface area contributed by atoms with E-state index >= 15 is 0 Å². The molecule has 1 saturated carbocycles. The van der Waals surface area contributed by atoms with Crippen molar-refractivity contribution in [2.75, 3.05) is 20.8 Å². The summed E-state index contributed by atoms with van der Waals surface area (Å²) in [4.78, 5) is 25.1. The highest BCUT2D eigenvalue weighted by Gasteiger charge is 2.66. The molecule has 2 rings (SSSR count). The molecule has 0 aromatic heterocycles. The van der Waals surface area contributed by atoms with Crippen molar-refractivity contribution >= 4 is 27.8 Å². The van der Waals surface area contributed by atoms with Gasteiger partial charge in [-0.1, -0.05) is 19.9 Å². The minimum absolute atomic E-state index is 0.0977. The fraction of sp³-hybridized carbons (Fsp3) is 0.600. The van der Waals surface area contributed by atoms with Crippen molar-refractivity contribution in [3.05, 3.63) is 28.2 Å². The van der Waals surface area contributed by atoms with Gasteiger partial charge < -0.3 is 19.5 Å². The lowest BCUT2D eigenvalue weighted by Crippen LogP contribution is -2.76. The van der Waals surface area contributed by atoms with Crippen LogP contribution in [-0.4, -0.2) is 44.3 Å². The van der Waals surface area contributed by atoms with Gasteiger partial charge in [0.05, 0.1) is 24.8 Å². The van der Waals surface area contributed by atoms with Gasteiger partial charge in [-0.2, -0.15) is 0 Å². The highest BCUT2D eigenvalue weighted by molar-refractivity contribution is 9.10. The third kappa shape index (κ3) is 4.14. The maximum Gasteiger partial charge on any atom is 0.332 e. The van der Waals surface area contributed by atoms with Crippen LogP contribution in [0.25, 0.3) is 0 Å². The molecule has 0 spiro atoms. The topological polar surface area (TPSA) is 73.9 Å². The number of ether oxygens (including phenoxy) is 3. The summed E-state index contributed by atoms with van der Waals surface area (Å²) in [6.07, 6.45) is 1.15. The van der Waals surface area contributed by atoms with Crippen molar-refractivity contribution in [2.24, 2.45) is 5.41 Å². The lowest BCUT2D eigenvalue weighted by molar-refractivity contribution is -0.197. The van der Waals surface area contributed by atoms with E-state index in [0.717, 1.165) is 15.8 Å². The lowest BCUT2D eigenvalue weighted by Gasteiger charge is -2.58. The number of halogens is 1. The molecule has 7 heteroatoms. The standard InChI is InChI=1S/C20H28BrNO5/c1-6-27-16-12-20(18(24)26-5,19(16,2)3)22-17(23)10-8-13-7-9-15(25-4)14(21)11-13/h7,9,11,16H,6,8,10,12H2,1-5H3,(H,22,23). The number of hydrogen-bond acceptors (Lipinski definition) is 5. The maximum atomic E-state index is 12.6. The SMILES string of the molecule is CCOC1CC(NC(=O)CCc2ccc(OC)c(Br)c2)(C(=O)OC)C1(C)C. The third-order valence-electron chi connectivity index (χ3n) is 5.51. The fourth-order valence-electron chi connectivity index (χ4n) is 3.62. The quantitative estimate of drug-likeness (QED) is 0.626. The van der Waals surface area contributed by atoms with Crippen LogP contribution in [0.5, 0.6) is 5.75 Å². The molecule has 1 amide bonds. The van der Waals surface area contributed by atoms with E-state index < -0.39 is 16.9 Å². The van der Waals surface area contributed by atoms with Crippen molar-refractivity contribution in [1.29, 1.82) is 0 Å². The number of amides is 1. The zero-order chi connectivity index (χ0) is 20.2. The summed E-state index contributed by atoms with van der Waals surface area (Å²) in [5.41, 5.74) is -0.598. The summed E-state index contributed by atoms with van der Waals surface area (Å²) >= 11 is 3.45. The van der Waals surface area contributed by atoms with Gasteiger partial charge in [0, 0.05) is 24.9 Å². The zero-order valence-electron chi connectivity index (χ0n) is 16.6. The normalized spacial score (nSPS) is 23.3. The van der Waals surface area contributed by atoms with Crippen molar-refractivity contribution in [1.82, 2.24) is 5.32 Å². The van der Waals surface area contributed by atoms with Crippen LogP contribution < -0.4 is 10.1 Å². The molecule has 0 aliphatic heterocycles. The smallest absolute Gasteiger partial charge is 0.332 e. The number of benzene rings is 1. The summed E-state index contributed by atoms with van der Waals surface area (Å²) in [5, 5.41) is 2.94. The van der Waals surface area contributed by atoms with Crippen LogP contribution in [0.2, 0.25) is 0 Å². The van der Waals surface area contributed by atoms with Crippen LogP contribution in [-0.2, 0) is 25.5 Å². The molecule has 1 aliphatic rings. The highest BCUT2D eigenvalue weighted by atomic mass is 79.9. The Morgan fingerprint density at radius 1 is 1.30 bits per heavy atom. The molecule has 0 bridgehead atoms. The highest BCUT2D eigenvalue weighted by Crippen LogP contribution is 2.52. The number of nitrogens with one attached hydrogen (secondary N) is 1. The molecule has 2 atom stereocenters. The number of esters is 1. The zero-order valence-corrected chi connectivity index (χ0v) is 18.1. The van der Waals surface area contributed by atoms with E-state index in [0.29, 0.717) is 19.4 Å². The van der Waals surface area contributed by atoms with E-state index in [1.165, 1.54) is 7.11 Å². The molecule has 150 valence electrons. The molecule has 0 saturated heterocycles. The monoisotopic (exact) mass is 441 g/mol. The number of aryl methyl sites for hydroxylation is 1. The largest absolute Gasteiger partial charge is 0.496 e. The minimum atomic E-state index is -1.06. The molecule has 1 fully saturated rings. The molecule has 1 aromatic carbocycles. The summed E-state index contributed by atoms with van der Waals surface area (Å²) < 4.78 is 16.8. The van der Waals surface area contributed by atoms with Crippen LogP contribution in [0.15, 0.2) is 22.7 Å². The van der Waals surface area contributed by atoms with Crippen molar-refractivity contribution < 1.29 is 23.8 Å². The Labute approximate surface area is 169 Å². The molecule has 1 N–H and O–H groups in total. The lowest BCUT2D eigenvalue weighted by atomic mass is 9.54. The van der Waals surface area contributed by atoms with E-state index in [1.54, 1.807) is 7.11 Å². The van der Waals surface area contributed by atoms with E-state index in [4.69, 9.17) is 14.2 Å². The van der Waals surface area contributed by atoms with Gasteiger partial charge in [0.2, 0.25) is 5.91 Å². The van der Waals surface area contributed by atoms with E-state index in [-0.39, 0.29) is 18.4 Å². The fourth-order valence-corrected chi connectivity index (χ4v) is 4.20. The van der Waals surface area contributed by atoms with Gasteiger partial charge in [-0.05, 0) is 47.0 Å². The first-order valence-corrected chi connectivity index (χ1v) is 9.84. The third-order valence-corrected chi connectivity index (χ3v) is 6.13. The number of hydrogen-bond donors (Lipinski definition) is 1. The Morgan fingerprint density at radius 3 is 2.52 bits per heavy atom. The molecule has 2 unspecified atom stereocenters. The maximum absolute atomic E-state index is 12.6. The van der Waals surface area contributed by atoms with E-state index in [2.05, 4.69) is 21.2 Å². The van der Waals surface area contributed by atoms with E-state index in [9.17, 15) is 9.59 Å². The second-order valence-corrected chi connectivity index (χ2v) is 8.14. The van der Waals surface area contributed by atoms with Gasteiger partial charge in [-0.15, -0.1) is 0 Å². The number of carbonyl (C=O) groups is 2. The van der Waals surface area contributed by atoms with Crippen LogP contribution in [0.3, 0.4) is 0 Å². The van der Waals surface area contributed by atoms with Gasteiger partial charge in [0.25, 0.3) is 0 Å². The second kappa shape index (κ2) is 8.61. The summed E-state index contributed by atoms with van der Waals surface area (Å²) in [5.74, 6) is 0.130. The molecule has 0 heterocycles. The average molecular weight is 442 g/mol. The van der Waals surface area contributed by atoms with Crippen LogP contribution in [0, 0.1) is 5.41 Å². The molecule has 1 aliphatic carbocycles. The first-order chi connectivity index (χ1) is 12.7. The summed E-state index contributed by atoms with van der Waals surface area (Å²) in [7, 11) is 2.95. The summed E-state index contributed by atoms with van der Waals surface area (Å²) in [6, 6.07) is 5.71. The van der Waals surface area contributed by atoms with Crippen molar-refractivity contribution in [3.8, 4) is 5.75 Å². The molecule has 1 aromatic rings. The Balaban J connectivity index is 2.05. The van der Waals surface area contributed by atoms with Gasteiger partial charge >= 0.3 is 5.97 Å². The number of methoxy groups -OCH3 is 2. The molecular weight excluding hydrogens is 414 g/mol. The predicted molar refractivity (Wildman–Crippen MR) is 106 cm³/mol. The predicted octanol–water partition coefficient (Wildman–Crippen LogP) is 3.25. The van der Waals surface area contributed by atoms with Gasteiger partial charge in [0.15, 0.2) is 0 Å². The molecule has 0 radical (unpaired) electrons. The Morgan fingerprint density at radius 2 is 2.00 bits per heavy atom. The van der Waals surface area contributed by atoms with Crippen LogP contribution >= 0.6 is 15.9 Å². The molecule has 27 heavy (non-hydrogen) atoms. The first kappa shape index (κ1) is 21.7. The minimum Gasteiger partial charge on any atom is -0.496 e. The van der Waals surface area contributed by atoms with Gasteiger partial charge in [0.1, 0.15) is 11.3 Å². The summed E-state index contributed by atoms with van der Waals surface area (Å²) in [6.45, 7) is 6.33. The van der Waals surface area contributed by atoms with Gasteiger partial charge in [-0.25, -0.2) is 4.79 Å². The van der Waals surface area contributed by atoms with Gasteiger partial charge in [-0.3, -0.25) is 4.79 Å². The Hall–Kier alpha value is -1.60. The second-order valence-electron chi connectivity index (χ2n) is 7.28. The Kier molecular flexibility index (Phi) is 6.92. The van der Waals surface area contributed by atoms with Crippen LogP contribution in [0.4, 0.5) is 0 Å². The molecule has 6 nitrogen and oxygen atoms in total. The van der Waals surface area contributed by atoms with E-state index in [1.807, 2.05) is 39.0 Å².